The second-order valence-corrected chi connectivity index (χ2v) is 9.10. The lowest BCUT2D eigenvalue weighted by Crippen LogP contribution is -2.62. The number of carbonyl (C=O) groups excluding carboxylic acids is 1. The normalized spacial score (nSPS) is 34.2. The molecule has 3 fully saturated rings. The van der Waals surface area contributed by atoms with Gasteiger partial charge < -0.3 is 10.0 Å². The van der Waals surface area contributed by atoms with Gasteiger partial charge in [0.2, 0.25) is 5.91 Å². The highest BCUT2D eigenvalue weighted by Gasteiger charge is 2.52. The molecule has 7 heteroatoms. The summed E-state index contributed by atoms with van der Waals surface area (Å²) >= 11 is 1.64. The average Bonchev–Trinajstić information content (AvgIpc) is 3.19. The van der Waals surface area contributed by atoms with Gasteiger partial charge in [-0.2, -0.15) is 0 Å². The number of aliphatic hydroxyl groups excluding tert-OH is 1. The number of aliphatic hydroxyl groups is 1. The summed E-state index contributed by atoms with van der Waals surface area (Å²) in [5.74, 6) is 0.332. The van der Waals surface area contributed by atoms with Crippen LogP contribution in [0.4, 0.5) is 0 Å². The monoisotopic (exact) mass is 364 g/mol. The fourth-order valence-electron chi connectivity index (χ4n) is 4.99. The quantitative estimate of drug-likeness (QED) is 0.889. The van der Waals surface area contributed by atoms with Gasteiger partial charge in [0.1, 0.15) is 15.6 Å². The van der Waals surface area contributed by atoms with E-state index in [4.69, 9.17) is 0 Å². The number of aromatic nitrogens is 2. The minimum Gasteiger partial charge on any atom is -0.393 e. The molecule has 1 atom stereocenters. The number of piperidine rings is 1. The summed E-state index contributed by atoms with van der Waals surface area (Å²) in [5, 5.41) is 20.2. The molecule has 1 aromatic rings. The Balaban J connectivity index is 1.51. The first-order valence-corrected chi connectivity index (χ1v) is 10.4. The van der Waals surface area contributed by atoms with Crippen LogP contribution < -0.4 is 0 Å². The van der Waals surface area contributed by atoms with E-state index in [1.807, 2.05) is 6.92 Å². The first kappa shape index (κ1) is 17.4. The summed E-state index contributed by atoms with van der Waals surface area (Å²) in [5.41, 5.74) is -0.326. The fraction of sp³-hybridized carbons (Fsp3) is 0.833. The molecular weight excluding hydrogens is 336 g/mol. The van der Waals surface area contributed by atoms with Crippen molar-refractivity contribution in [1.82, 2.24) is 20.0 Å². The van der Waals surface area contributed by atoms with Crippen molar-refractivity contribution in [3.05, 3.63) is 10.0 Å². The van der Waals surface area contributed by atoms with Crippen LogP contribution in [0.2, 0.25) is 0 Å². The Hall–Kier alpha value is -1.05. The molecule has 1 N–H and O–H groups in total. The fourth-order valence-corrected chi connectivity index (χ4v) is 5.72. The molecule has 2 saturated heterocycles. The standard InChI is InChI=1S/C18H28N4O2S/c1-13-19-20-16(25-13)12-21-10-2-8-18(21)9-3-11-22(17(18)24)14-4-6-15(23)7-5-14/h14-15,23H,2-12H2,1H3. The summed E-state index contributed by atoms with van der Waals surface area (Å²) in [4.78, 5) is 18.1. The van der Waals surface area contributed by atoms with Crippen LogP contribution in [-0.2, 0) is 11.3 Å². The molecule has 0 radical (unpaired) electrons. The molecule has 1 spiro atoms. The second kappa shape index (κ2) is 6.93. The van der Waals surface area contributed by atoms with E-state index < -0.39 is 0 Å². The van der Waals surface area contributed by atoms with Gasteiger partial charge in [0.15, 0.2) is 0 Å². The number of nitrogens with zero attached hydrogens (tertiary/aromatic N) is 4. The Bertz CT molecular complexity index is 628. The molecule has 1 saturated carbocycles. The summed E-state index contributed by atoms with van der Waals surface area (Å²) in [6.07, 6.45) is 7.47. The molecule has 1 unspecified atom stereocenters. The van der Waals surface area contributed by atoms with Crippen molar-refractivity contribution in [2.24, 2.45) is 0 Å². The Morgan fingerprint density at radius 2 is 1.88 bits per heavy atom. The molecule has 2 aliphatic heterocycles. The Morgan fingerprint density at radius 1 is 1.16 bits per heavy atom. The number of aryl methyl sites for hydroxylation is 1. The van der Waals surface area contributed by atoms with Crippen LogP contribution in [0.25, 0.3) is 0 Å². The average molecular weight is 365 g/mol. The first-order valence-electron chi connectivity index (χ1n) is 9.62. The first-order chi connectivity index (χ1) is 12.1. The highest BCUT2D eigenvalue weighted by atomic mass is 32.1. The predicted octanol–water partition coefficient (Wildman–Crippen LogP) is 2.11. The van der Waals surface area contributed by atoms with E-state index in [1.165, 1.54) is 0 Å². The Morgan fingerprint density at radius 3 is 2.56 bits per heavy atom. The van der Waals surface area contributed by atoms with Crippen molar-refractivity contribution < 1.29 is 9.90 Å². The third-order valence-electron chi connectivity index (χ3n) is 6.27. The molecule has 6 nitrogen and oxygen atoms in total. The van der Waals surface area contributed by atoms with Crippen molar-refractivity contribution in [3.63, 3.8) is 0 Å². The van der Waals surface area contributed by atoms with E-state index in [0.29, 0.717) is 11.9 Å². The minimum absolute atomic E-state index is 0.172. The largest absolute Gasteiger partial charge is 0.393 e. The topological polar surface area (TPSA) is 69.6 Å². The lowest BCUT2D eigenvalue weighted by molar-refractivity contribution is -0.152. The number of likely N-dealkylation sites (tertiary alicyclic amines) is 2. The van der Waals surface area contributed by atoms with Crippen LogP contribution in [-0.4, -0.2) is 61.8 Å². The molecule has 25 heavy (non-hydrogen) atoms. The molecule has 0 aromatic carbocycles. The van der Waals surface area contributed by atoms with Crippen LogP contribution >= 0.6 is 11.3 Å². The number of rotatable bonds is 3. The maximum atomic E-state index is 13.5. The summed E-state index contributed by atoms with van der Waals surface area (Å²) in [6.45, 7) is 4.58. The molecule has 138 valence electrons. The molecule has 0 bridgehead atoms. The summed E-state index contributed by atoms with van der Waals surface area (Å²) < 4.78 is 0. The van der Waals surface area contributed by atoms with Gasteiger partial charge in [-0.3, -0.25) is 9.69 Å². The number of amides is 1. The molecule has 1 aromatic heterocycles. The third-order valence-corrected chi connectivity index (χ3v) is 7.10. The van der Waals surface area contributed by atoms with E-state index in [1.54, 1.807) is 11.3 Å². The zero-order valence-electron chi connectivity index (χ0n) is 15.0. The third kappa shape index (κ3) is 3.22. The van der Waals surface area contributed by atoms with Crippen LogP contribution in [0.15, 0.2) is 0 Å². The minimum atomic E-state index is -0.326. The van der Waals surface area contributed by atoms with Gasteiger partial charge in [-0.15, -0.1) is 21.5 Å². The van der Waals surface area contributed by atoms with E-state index in [2.05, 4.69) is 20.0 Å². The molecule has 3 aliphatic rings. The van der Waals surface area contributed by atoms with Crippen molar-refractivity contribution in [2.45, 2.75) is 82.5 Å². The molecule has 1 aliphatic carbocycles. The zero-order chi connectivity index (χ0) is 17.4. The van der Waals surface area contributed by atoms with E-state index in [0.717, 1.165) is 81.0 Å². The molecule has 1 amide bonds. The van der Waals surface area contributed by atoms with Crippen LogP contribution in [0.3, 0.4) is 0 Å². The lowest BCUT2D eigenvalue weighted by atomic mass is 9.82. The summed E-state index contributed by atoms with van der Waals surface area (Å²) in [7, 11) is 0. The number of hydrogen-bond donors (Lipinski definition) is 1. The second-order valence-electron chi connectivity index (χ2n) is 7.84. The van der Waals surface area contributed by atoms with Crippen LogP contribution in [0.5, 0.6) is 0 Å². The van der Waals surface area contributed by atoms with Gasteiger partial charge in [-0.05, 0) is 64.8 Å². The maximum Gasteiger partial charge on any atom is 0.243 e. The maximum absolute atomic E-state index is 13.5. The van der Waals surface area contributed by atoms with Crippen LogP contribution in [0, 0.1) is 6.92 Å². The number of hydrogen-bond acceptors (Lipinski definition) is 6. The van der Waals surface area contributed by atoms with E-state index in [9.17, 15) is 9.90 Å². The van der Waals surface area contributed by atoms with E-state index in [-0.39, 0.29) is 11.6 Å². The molecule has 4 rings (SSSR count). The van der Waals surface area contributed by atoms with Gasteiger partial charge in [-0.1, -0.05) is 0 Å². The van der Waals surface area contributed by atoms with Crippen molar-refractivity contribution in [2.75, 3.05) is 13.1 Å². The van der Waals surface area contributed by atoms with Gasteiger partial charge in [0.25, 0.3) is 0 Å². The number of carbonyl (C=O) groups is 1. The highest BCUT2D eigenvalue weighted by molar-refractivity contribution is 7.11. The zero-order valence-corrected chi connectivity index (χ0v) is 15.8. The van der Waals surface area contributed by atoms with Crippen LogP contribution in [0.1, 0.15) is 61.4 Å². The smallest absolute Gasteiger partial charge is 0.243 e. The van der Waals surface area contributed by atoms with Gasteiger partial charge in [0, 0.05) is 12.6 Å². The summed E-state index contributed by atoms with van der Waals surface area (Å²) in [6, 6.07) is 0.319. The molecule has 3 heterocycles. The van der Waals surface area contributed by atoms with Gasteiger partial charge >= 0.3 is 0 Å². The van der Waals surface area contributed by atoms with Gasteiger partial charge in [-0.25, -0.2) is 0 Å². The SMILES string of the molecule is Cc1nnc(CN2CCCC23CCCN(C2CCC(O)CC2)C3=O)s1. The van der Waals surface area contributed by atoms with E-state index >= 15 is 0 Å². The van der Waals surface area contributed by atoms with Gasteiger partial charge in [0.05, 0.1) is 12.6 Å². The highest BCUT2D eigenvalue weighted by Crippen LogP contribution is 2.41. The lowest BCUT2D eigenvalue weighted by Gasteiger charge is -2.48. The van der Waals surface area contributed by atoms with Crippen molar-refractivity contribution in [1.29, 1.82) is 0 Å². The molecular formula is C18H28N4O2S. The van der Waals surface area contributed by atoms with Crippen molar-refractivity contribution >= 4 is 17.2 Å². The Kier molecular flexibility index (Phi) is 4.81. The van der Waals surface area contributed by atoms with Crippen molar-refractivity contribution in [3.8, 4) is 0 Å². The Labute approximate surface area is 153 Å². The predicted molar refractivity (Wildman–Crippen MR) is 96.2 cm³/mol.